The van der Waals surface area contributed by atoms with Crippen molar-refractivity contribution in [2.75, 3.05) is 12.4 Å². The second kappa shape index (κ2) is 15.3. The monoisotopic (exact) mass is 332 g/mol. The van der Waals surface area contributed by atoms with E-state index in [0.29, 0.717) is 6.42 Å². The van der Waals surface area contributed by atoms with Gasteiger partial charge < -0.3 is 5.11 Å². The zero-order valence-electron chi connectivity index (χ0n) is 12.5. The molecule has 21 heavy (non-hydrogen) atoms. The zero-order valence-corrected chi connectivity index (χ0v) is 13.3. The number of hydrogen-bond donors (Lipinski definition) is 1. The van der Waals surface area contributed by atoms with Gasteiger partial charge in [0.05, 0.1) is 6.61 Å². The summed E-state index contributed by atoms with van der Waals surface area (Å²) < 4.78 is 26.8. The summed E-state index contributed by atoms with van der Waals surface area (Å²) in [4.78, 5) is 10.3. The van der Waals surface area contributed by atoms with Crippen LogP contribution >= 0.6 is 0 Å². The average molecular weight is 332 g/mol. The van der Waals surface area contributed by atoms with E-state index in [0.717, 1.165) is 12.8 Å². The van der Waals surface area contributed by atoms with Crippen LogP contribution in [0, 0.1) is 0 Å². The van der Waals surface area contributed by atoms with Gasteiger partial charge in [0.15, 0.2) is 5.75 Å². The van der Waals surface area contributed by atoms with Crippen molar-refractivity contribution in [2.24, 2.45) is 0 Å². The molecular weight excluding hydrogens is 303 g/mol. The summed E-state index contributed by atoms with van der Waals surface area (Å²) in [6.07, 6.45) is 11.6. The van der Waals surface area contributed by atoms with Crippen LogP contribution in [-0.4, -0.2) is 61.4 Å². The first kappa shape index (κ1) is 23.6. The van der Waals surface area contributed by atoms with E-state index >= 15 is 0 Å². The van der Waals surface area contributed by atoms with Crippen LogP contribution in [-0.2, 0) is 19.1 Å². The number of carboxylic acids is 1. The van der Waals surface area contributed by atoms with E-state index < -0.39 is 21.8 Å². The summed E-state index contributed by atoms with van der Waals surface area (Å²) >= 11 is 0. The molecule has 0 aliphatic heterocycles. The van der Waals surface area contributed by atoms with Crippen LogP contribution in [0.4, 0.5) is 0 Å². The number of carbonyl (C=O) groups is 1. The van der Waals surface area contributed by atoms with Crippen molar-refractivity contribution in [3.8, 4) is 0 Å². The van der Waals surface area contributed by atoms with Crippen molar-refractivity contribution in [3.63, 3.8) is 0 Å². The van der Waals surface area contributed by atoms with E-state index in [-0.39, 0.29) is 36.2 Å². The Morgan fingerprint density at radius 2 is 1.33 bits per heavy atom. The Morgan fingerprint density at radius 1 is 0.905 bits per heavy atom. The van der Waals surface area contributed by atoms with Crippen LogP contribution in [0.15, 0.2) is 0 Å². The van der Waals surface area contributed by atoms with E-state index in [1.807, 2.05) is 0 Å². The molecule has 0 fully saturated rings. The molecule has 0 aliphatic carbocycles. The molecule has 122 valence electrons. The van der Waals surface area contributed by atoms with Gasteiger partial charge in [-0.3, -0.25) is 8.98 Å². The van der Waals surface area contributed by atoms with Crippen LogP contribution in [0.25, 0.3) is 0 Å². The second-order valence-corrected chi connectivity index (χ2v) is 6.74. The Morgan fingerprint density at radius 3 is 1.76 bits per heavy atom. The Labute approximate surface area is 151 Å². The molecule has 0 saturated heterocycles. The summed E-state index contributed by atoms with van der Waals surface area (Å²) in [5.41, 5.74) is 0. The van der Waals surface area contributed by atoms with Gasteiger partial charge in [0.2, 0.25) is 0 Å². The van der Waals surface area contributed by atoms with Crippen molar-refractivity contribution >= 4 is 45.6 Å². The third kappa shape index (κ3) is 18.3. The topological polar surface area (TPSA) is 80.7 Å². The van der Waals surface area contributed by atoms with Crippen molar-refractivity contribution in [2.45, 2.75) is 71.1 Å². The molecule has 0 spiro atoms. The first-order valence-corrected chi connectivity index (χ1v) is 9.14. The Kier molecular flexibility index (Phi) is 17.2. The van der Waals surface area contributed by atoms with Crippen molar-refractivity contribution < 1.29 is 22.5 Å². The van der Waals surface area contributed by atoms with Crippen LogP contribution in [0.2, 0.25) is 0 Å². The summed E-state index contributed by atoms with van der Waals surface area (Å²) in [5.74, 6) is -2.34. The van der Waals surface area contributed by atoms with Gasteiger partial charge in [0.1, 0.15) is 0 Å². The molecule has 0 amide bonds. The molecule has 0 aromatic rings. The Hall–Kier alpha value is 0.380. The minimum atomic E-state index is -3.89. The number of aliphatic carboxylic acids is 1. The van der Waals surface area contributed by atoms with Crippen LogP contribution in [0.3, 0.4) is 0 Å². The Bertz CT molecular complexity index is 343. The molecule has 1 N–H and O–H groups in total. The summed E-state index contributed by atoms with van der Waals surface area (Å²) in [5, 5.41) is 8.37. The quantitative estimate of drug-likeness (QED) is 0.300. The predicted molar refractivity (Wildman–Crippen MR) is 86.4 cm³/mol. The summed E-state index contributed by atoms with van der Waals surface area (Å²) in [6.45, 7) is 2.30. The van der Waals surface area contributed by atoms with Crippen molar-refractivity contribution in [1.82, 2.24) is 0 Å². The predicted octanol–water partition coefficient (Wildman–Crippen LogP) is 2.69. The van der Waals surface area contributed by atoms with Gasteiger partial charge >= 0.3 is 35.5 Å². The summed E-state index contributed by atoms with van der Waals surface area (Å²) in [7, 11) is -3.89. The van der Waals surface area contributed by atoms with E-state index in [4.69, 9.17) is 5.11 Å². The molecule has 0 unspecified atom stereocenters. The van der Waals surface area contributed by atoms with E-state index in [9.17, 15) is 13.2 Å². The number of rotatable bonds is 14. The number of unbranched alkanes of at least 4 members (excludes halogenated alkanes) is 9. The zero-order chi connectivity index (χ0) is 15.3. The van der Waals surface area contributed by atoms with Gasteiger partial charge in [0, 0.05) is 0 Å². The molecule has 5 nitrogen and oxygen atoms in total. The standard InChI is InChI=1S/C14H28O5S.Na.H/c1-2-3-4-5-6-7-8-9-10-11-12-19-20(17,18)13-14(15)16;;/h2-13H2,1H3,(H,15,16);;. The first-order chi connectivity index (χ1) is 9.48. The fourth-order valence-corrected chi connectivity index (χ4v) is 2.73. The fourth-order valence-electron chi connectivity index (χ4n) is 1.97. The normalized spacial score (nSPS) is 11.1. The molecule has 0 heterocycles. The fraction of sp³-hybridized carbons (Fsp3) is 0.929. The van der Waals surface area contributed by atoms with Crippen LogP contribution < -0.4 is 0 Å². The average Bonchev–Trinajstić information content (AvgIpc) is 2.34. The summed E-state index contributed by atoms with van der Waals surface area (Å²) in [6, 6.07) is 0. The van der Waals surface area contributed by atoms with Gasteiger partial charge in [-0.1, -0.05) is 64.7 Å². The first-order valence-electron chi connectivity index (χ1n) is 7.57. The Balaban J connectivity index is 0. The van der Waals surface area contributed by atoms with Crippen LogP contribution in [0.1, 0.15) is 71.1 Å². The molecule has 0 aliphatic rings. The third-order valence-electron chi connectivity index (χ3n) is 3.06. The van der Waals surface area contributed by atoms with E-state index in [1.54, 1.807) is 0 Å². The van der Waals surface area contributed by atoms with Gasteiger partial charge in [-0.2, -0.15) is 8.42 Å². The van der Waals surface area contributed by atoms with Gasteiger partial charge in [0.25, 0.3) is 10.1 Å². The van der Waals surface area contributed by atoms with Crippen LogP contribution in [0.5, 0.6) is 0 Å². The molecule has 0 saturated carbocycles. The number of carboxylic acid groups (broad SMARTS) is 1. The van der Waals surface area contributed by atoms with E-state index in [2.05, 4.69) is 11.1 Å². The number of hydrogen-bond acceptors (Lipinski definition) is 4. The van der Waals surface area contributed by atoms with Crippen molar-refractivity contribution in [3.05, 3.63) is 0 Å². The minimum absolute atomic E-state index is 0. The molecular formula is C14H29NaO5S. The molecule has 0 aromatic heterocycles. The molecule has 0 rings (SSSR count). The van der Waals surface area contributed by atoms with E-state index in [1.165, 1.54) is 44.9 Å². The molecule has 0 radical (unpaired) electrons. The third-order valence-corrected chi connectivity index (χ3v) is 4.19. The van der Waals surface area contributed by atoms with Gasteiger partial charge in [-0.25, -0.2) is 0 Å². The molecule has 0 bridgehead atoms. The maximum absolute atomic E-state index is 11.1. The SMILES string of the molecule is CCCCCCCCCCCCOS(=O)(=O)CC(=O)O.[NaH]. The molecule has 0 atom stereocenters. The van der Waals surface area contributed by atoms with Gasteiger partial charge in [-0.15, -0.1) is 0 Å². The van der Waals surface area contributed by atoms with Gasteiger partial charge in [-0.05, 0) is 6.42 Å². The second-order valence-electron chi connectivity index (χ2n) is 5.10. The maximum atomic E-state index is 11.1. The van der Waals surface area contributed by atoms with Crippen molar-refractivity contribution in [1.29, 1.82) is 0 Å². The molecule has 0 aromatic carbocycles. The molecule has 7 heteroatoms.